The molecular weight excluding hydrogens is 320 g/mol. The predicted octanol–water partition coefficient (Wildman–Crippen LogP) is 3.73. The lowest BCUT2D eigenvalue weighted by Gasteiger charge is -2.07. The van der Waals surface area contributed by atoms with Gasteiger partial charge in [-0.05, 0) is 29.6 Å². The van der Waals surface area contributed by atoms with Gasteiger partial charge in [-0.15, -0.1) is 11.3 Å². The van der Waals surface area contributed by atoms with Gasteiger partial charge >= 0.3 is 0 Å². The van der Waals surface area contributed by atoms with Gasteiger partial charge in [0.2, 0.25) is 5.78 Å². The molecule has 0 spiro atoms. The molecule has 0 aliphatic heterocycles. The zero-order chi connectivity index (χ0) is 16.5. The highest BCUT2D eigenvalue weighted by atomic mass is 32.1. The van der Waals surface area contributed by atoms with Gasteiger partial charge in [-0.25, -0.2) is 9.50 Å². The van der Waals surface area contributed by atoms with Gasteiger partial charge in [0.1, 0.15) is 0 Å². The highest BCUT2D eigenvalue weighted by Crippen LogP contribution is 2.25. The van der Waals surface area contributed by atoms with E-state index in [-0.39, 0.29) is 5.78 Å². The molecule has 0 saturated carbocycles. The molecule has 0 saturated heterocycles. The fourth-order valence-corrected chi connectivity index (χ4v) is 3.32. The molecule has 4 aromatic rings. The molecule has 0 amide bonds. The van der Waals surface area contributed by atoms with E-state index in [0.717, 1.165) is 16.9 Å². The maximum Gasteiger partial charge on any atom is 0.208 e. The van der Waals surface area contributed by atoms with Crippen molar-refractivity contribution >= 4 is 28.5 Å². The number of carbonyl (C=O) groups is 1. The molecule has 3 aromatic heterocycles. The minimum absolute atomic E-state index is 0.0476. The van der Waals surface area contributed by atoms with Crippen LogP contribution < -0.4 is 5.32 Å². The molecule has 4 rings (SSSR count). The zero-order valence-corrected chi connectivity index (χ0v) is 13.7. The lowest BCUT2D eigenvalue weighted by Crippen LogP contribution is -2.01. The molecular formula is C18H14N4OS. The van der Waals surface area contributed by atoms with Crippen LogP contribution in [0, 0.1) is 0 Å². The summed E-state index contributed by atoms with van der Waals surface area (Å²) in [6, 6.07) is 13.6. The number of rotatable bonds is 4. The number of carbonyl (C=O) groups excluding carboxylic acids is 1. The van der Waals surface area contributed by atoms with Crippen LogP contribution in [0.2, 0.25) is 0 Å². The Hall–Kier alpha value is -2.99. The van der Waals surface area contributed by atoms with E-state index in [4.69, 9.17) is 0 Å². The van der Waals surface area contributed by atoms with Gasteiger partial charge in [0, 0.05) is 24.5 Å². The number of benzene rings is 1. The van der Waals surface area contributed by atoms with E-state index in [2.05, 4.69) is 15.4 Å². The van der Waals surface area contributed by atoms with E-state index in [1.807, 2.05) is 54.9 Å². The van der Waals surface area contributed by atoms with Crippen molar-refractivity contribution in [1.82, 2.24) is 14.6 Å². The fourth-order valence-electron chi connectivity index (χ4n) is 2.64. The number of anilines is 1. The third-order valence-corrected chi connectivity index (χ3v) is 4.71. The van der Waals surface area contributed by atoms with Crippen molar-refractivity contribution in [2.75, 3.05) is 12.4 Å². The first-order valence-corrected chi connectivity index (χ1v) is 8.35. The maximum absolute atomic E-state index is 12.6. The Balaban J connectivity index is 1.86. The van der Waals surface area contributed by atoms with Gasteiger partial charge in [-0.3, -0.25) is 4.79 Å². The summed E-state index contributed by atoms with van der Waals surface area (Å²) in [5, 5.41) is 9.42. The molecule has 6 heteroatoms. The van der Waals surface area contributed by atoms with Crippen molar-refractivity contribution in [3.8, 4) is 11.3 Å². The molecule has 0 atom stereocenters. The second kappa shape index (κ2) is 5.90. The van der Waals surface area contributed by atoms with Crippen LogP contribution in [0.25, 0.3) is 16.9 Å². The number of thiophene rings is 1. The van der Waals surface area contributed by atoms with E-state index >= 15 is 0 Å². The number of aromatic nitrogens is 3. The number of hydrogen-bond acceptors (Lipinski definition) is 5. The highest BCUT2D eigenvalue weighted by Gasteiger charge is 2.18. The lowest BCUT2D eigenvalue weighted by atomic mass is 10.1. The smallest absolute Gasteiger partial charge is 0.208 e. The topological polar surface area (TPSA) is 59.3 Å². The van der Waals surface area contributed by atoms with E-state index in [1.165, 1.54) is 11.3 Å². The SMILES string of the molecule is CNc1cccc(-c2ccnc3c(C(=O)c4cccs4)cnn23)c1. The van der Waals surface area contributed by atoms with Crippen molar-refractivity contribution < 1.29 is 4.79 Å². The van der Waals surface area contributed by atoms with Gasteiger partial charge in [-0.1, -0.05) is 18.2 Å². The van der Waals surface area contributed by atoms with Crippen LogP contribution >= 0.6 is 11.3 Å². The van der Waals surface area contributed by atoms with Crippen LogP contribution in [-0.2, 0) is 0 Å². The van der Waals surface area contributed by atoms with Crippen molar-refractivity contribution in [3.63, 3.8) is 0 Å². The third kappa shape index (κ3) is 2.37. The first-order chi connectivity index (χ1) is 11.8. The Morgan fingerprint density at radius 2 is 2.12 bits per heavy atom. The standard InChI is InChI=1S/C18H14N4OS/c1-19-13-5-2-4-12(10-13)15-7-8-20-18-14(11-21-22(15)18)17(23)16-6-3-9-24-16/h2-11,19H,1H3. The fraction of sp³-hybridized carbons (Fsp3) is 0.0556. The van der Waals surface area contributed by atoms with E-state index in [1.54, 1.807) is 16.9 Å². The molecule has 0 unspecified atom stereocenters. The first kappa shape index (κ1) is 14.6. The average molecular weight is 334 g/mol. The Morgan fingerprint density at radius 1 is 1.21 bits per heavy atom. The minimum Gasteiger partial charge on any atom is -0.388 e. The molecule has 1 N–H and O–H groups in total. The van der Waals surface area contributed by atoms with Crippen LogP contribution in [-0.4, -0.2) is 27.4 Å². The summed E-state index contributed by atoms with van der Waals surface area (Å²) in [4.78, 5) is 17.7. The molecule has 118 valence electrons. The lowest BCUT2D eigenvalue weighted by molar-refractivity contribution is 0.104. The van der Waals surface area contributed by atoms with Crippen LogP contribution in [0.1, 0.15) is 15.2 Å². The summed E-state index contributed by atoms with van der Waals surface area (Å²) in [6.45, 7) is 0. The Bertz CT molecular complexity index is 1020. The third-order valence-electron chi connectivity index (χ3n) is 3.84. The van der Waals surface area contributed by atoms with Gasteiger partial charge in [-0.2, -0.15) is 5.10 Å². The second-order valence-electron chi connectivity index (χ2n) is 5.26. The summed E-state index contributed by atoms with van der Waals surface area (Å²) >= 11 is 1.42. The summed E-state index contributed by atoms with van der Waals surface area (Å²) in [6.07, 6.45) is 3.30. The summed E-state index contributed by atoms with van der Waals surface area (Å²) in [5.74, 6) is -0.0476. The normalized spacial score (nSPS) is 10.9. The first-order valence-electron chi connectivity index (χ1n) is 7.47. The van der Waals surface area contributed by atoms with Crippen molar-refractivity contribution in [1.29, 1.82) is 0 Å². The molecule has 0 bridgehead atoms. The molecule has 5 nitrogen and oxygen atoms in total. The van der Waals surface area contributed by atoms with E-state index < -0.39 is 0 Å². The van der Waals surface area contributed by atoms with Gasteiger partial charge in [0.05, 0.1) is 22.3 Å². The van der Waals surface area contributed by atoms with Crippen molar-refractivity contribution in [2.24, 2.45) is 0 Å². The minimum atomic E-state index is -0.0476. The quantitative estimate of drug-likeness (QED) is 0.578. The van der Waals surface area contributed by atoms with Crippen LogP contribution in [0.15, 0.2) is 60.2 Å². The largest absolute Gasteiger partial charge is 0.388 e. The summed E-state index contributed by atoms with van der Waals surface area (Å²) in [7, 11) is 1.88. The summed E-state index contributed by atoms with van der Waals surface area (Å²) < 4.78 is 1.72. The summed E-state index contributed by atoms with van der Waals surface area (Å²) in [5.41, 5.74) is 4.00. The van der Waals surface area contributed by atoms with Crippen molar-refractivity contribution in [2.45, 2.75) is 0 Å². The second-order valence-corrected chi connectivity index (χ2v) is 6.21. The Morgan fingerprint density at radius 3 is 2.92 bits per heavy atom. The van der Waals surface area contributed by atoms with Crippen LogP contribution in [0.4, 0.5) is 5.69 Å². The molecule has 0 fully saturated rings. The predicted molar refractivity (Wildman–Crippen MR) is 95.7 cm³/mol. The Kier molecular flexibility index (Phi) is 3.59. The van der Waals surface area contributed by atoms with Gasteiger partial charge < -0.3 is 5.32 Å². The number of fused-ring (bicyclic) bond motifs is 1. The molecule has 1 aromatic carbocycles. The Labute approximate surface area is 142 Å². The number of ketones is 1. The molecule has 0 aliphatic rings. The van der Waals surface area contributed by atoms with Crippen LogP contribution in [0.3, 0.4) is 0 Å². The van der Waals surface area contributed by atoms with E-state index in [0.29, 0.717) is 16.1 Å². The maximum atomic E-state index is 12.6. The molecule has 0 radical (unpaired) electrons. The van der Waals surface area contributed by atoms with Gasteiger partial charge in [0.25, 0.3) is 0 Å². The number of nitrogens with one attached hydrogen (secondary N) is 1. The highest BCUT2D eigenvalue weighted by molar-refractivity contribution is 7.12. The molecule has 3 heterocycles. The number of hydrogen-bond donors (Lipinski definition) is 1. The molecule has 24 heavy (non-hydrogen) atoms. The zero-order valence-electron chi connectivity index (χ0n) is 12.9. The molecule has 0 aliphatic carbocycles. The average Bonchev–Trinajstić information content (AvgIpc) is 3.30. The van der Waals surface area contributed by atoms with Crippen LogP contribution in [0.5, 0.6) is 0 Å². The number of nitrogens with zero attached hydrogens (tertiary/aromatic N) is 3. The van der Waals surface area contributed by atoms with E-state index in [9.17, 15) is 4.79 Å². The monoisotopic (exact) mass is 334 g/mol. The van der Waals surface area contributed by atoms with Crippen molar-refractivity contribution in [3.05, 3.63) is 70.7 Å². The van der Waals surface area contributed by atoms with Gasteiger partial charge in [0.15, 0.2) is 5.65 Å².